The van der Waals surface area contributed by atoms with Crippen LogP contribution in [-0.4, -0.2) is 61.4 Å². The van der Waals surface area contributed by atoms with Gasteiger partial charge in [-0.1, -0.05) is 37.7 Å². The molecule has 1 N–H and O–H groups in total. The van der Waals surface area contributed by atoms with Crippen molar-refractivity contribution in [2.75, 3.05) is 25.4 Å². The maximum absolute atomic E-state index is 12.9. The monoisotopic (exact) mass is 428 g/mol. The molecule has 1 aromatic carbocycles. The van der Waals surface area contributed by atoms with Crippen LogP contribution in [0.25, 0.3) is 16.7 Å². The number of nitrogens with one attached hydrogen (secondary N) is 1. The molecule has 4 rings (SSSR count). The zero-order chi connectivity index (χ0) is 21.1. The molecule has 0 saturated carbocycles. The summed E-state index contributed by atoms with van der Waals surface area (Å²) < 4.78 is 3.56. The lowest BCUT2D eigenvalue weighted by atomic mass is 10.1. The third-order valence-electron chi connectivity index (χ3n) is 5.66. The van der Waals surface area contributed by atoms with E-state index < -0.39 is 0 Å². The molecule has 1 fully saturated rings. The first-order valence-electron chi connectivity index (χ1n) is 10.6. The van der Waals surface area contributed by atoms with Crippen LogP contribution in [-0.2, 0) is 11.3 Å². The van der Waals surface area contributed by atoms with E-state index in [9.17, 15) is 9.59 Å². The lowest BCUT2D eigenvalue weighted by Crippen LogP contribution is -2.45. The maximum Gasteiger partial charge on any atom is 0.262 e. The lowest BCUT2D eigenvalue weighted by molar-refractivity contribution is -0.119. The molecule has 1 amide bonds. The molecule has 3 heterocycles. The molecule has 0 aliphatic carbocycles. The van der Waals surface area contributed by atoms with Gasteiger partial charge in [0.1, 0.15) is 0 Å². The number of carbonyl (C=O) groups is 1. The van der Waals surface area contributed by atoms with Gasteiger partial charge in [-0.25, -0.2) is 0 Å². The van der Waals surface area contributed by atoms with Crippen molar-refractivity contribution in [3.63, 3.8) is 0 Å². The van der Waals surface area contributed by atoms with Crippen LogP contribution in [0.2, 0.25) is 0 Å². The van der Waals surface area contributed by atoms with Crippen LogP contribution in [0.15, 0.2) is 34.2 Å². The molecule has 0 unspecified atom stereocenters. The molecule has 0 atom stereocenters. The molecule has 160 valence electrons. The number of rotatable bonds is 7. The van der Waals surface area contributed by atoms with E-state index in [0.717, 1.165) is 44.4 Å². The number of aryl methyl sites for hydroxylation is 1. The molecule has 1 aliphatic heterocycles. The van der Waals surface area contributed by atoms with E-state index in [4.69, 9.17) is 0 Å². The fourth-order valence-electron chi connectivity index (χ4n) is 4.05. The Hall–Kier alpha value is -2.39. The third kappa shape index (κ3) is 4.09. The zero-order valence-corrected chi connectivity index (χ0v) is 18.3. The Kier molecular flexibility index (Phi) is 6.38. The van der Waals surface area contributed by atoms with Gasteiger partial charge in [0, 0.05) is 25.7 Å². The molecule has 0 spiro atoms. The summed E-state index contributed by atoms with van der Waals surface area (Å²) in [5.41, 5.74) is 0.713. The maximum atomic E-state index is 12.9. The van der Waals surface area contributed by atoms with Gasteiger partial charge in [0.25, 0.3) is 5.56 Å². The van der Waals surface area contributed by atoms with Crippen LogP contribution in [0, 0.1) is 0 Å². The van der Waals surface area contributed by atoms with Crippen molar-refractivity contribution in [2.24, 2.45) is 0 Å². The Balaban J connectivity index is 1.54. The first-order chi connectivity index (χ1) is 14.6. The number of piperidine rings is 1. The molecule has 2 aromatic heterocycles. The molecule has 1 aliphatic rings. The van der Waals surface area contributed by atoms with E-state index in [-0.39, 0.29) is 23.3 Å². The van der Waals surface area contributed by atoms with E-state index in [1.165, 1.54) is 11.8 Å². The number of hydrogen-bond donors (Lipinski definition) is 1. The van der Waals surface area contributed by atoms with Crippen molar-refractivity contribution in [1.82, 2.24) is 29.4 Å². The number of benzene rings is 1. The molecule has 9 heteroatoms. The summed E-state index contributed by atoms with van der Waals surface area (Å²) >= 11 is 1.36. The average Bonchev–Trinajstić information content (AvgIpc) is 3.20. The number of nitrogens with zero attached hydrogens (tertiary/aromatic N) is 5. The van der Waals surface area contributed by atoms with Crippen LogP contribution < -0.4 is 10.9 Å². The highest BCUT2D eigenvalue weighted by Gasteiger charge is 2.21. The van der Waals surface area contributed by atoms with Gasteiger partial charge in [-0.3, -0.25) is 18.6 Å². The minimum Gasteiger partial charge on any atom is -0.353 e. The second-order valence-corrected chi connectivity index (χ2v) is 8.60. The Bertz CT molecular complexity index is 1100. The highest BCUT2D eigenvalue weighted by atomic mass is 32.2. The van der Waals surface area contributed by atoms with Gasteiger partial charge < -0.3 is 10.2 Å². The Labute approximate surface area is 179 Å². The number of carbonyl (C=O) groups excluding carboxylic acids is 1. The van der Waals surface area contributed by atoms with Gasteiger partial charge in [-0.2, -0.15) is 0 Å². The molecule has 1 saturated heterocycles. The minimum absolute atomic E-state index is 0.0119. The van der Waals surface area contributed by atoms with Crippen LogP contribution >= 0.6 is 11.8 Å². The largest absolute Gasteiger partial charge is 0.353 e. The highest BCUT2D eigenvalue weighted by molar-refractivity contribution is 7.99. The van der Waals surface area contributed by atoms with Crippen molar-refractivity contribution in [3.8, 4) is 0 Å². The Morgan fingerprint density at radius 1 is 1.20 bits per heavy atom. The van der Waals surface area contributed by atoms with E-state index >= 15 is 0 Å². The normalized spacial score (nSPS) is 15.8. The van der Waals surface area contributed by atoms with Gasteiger partial charge in [0.15, 0.2) is 5.16 Å². The second kappa shape index (κ2) is 9.18. The van der Waals surface area contributed by atoms with E-state index in [2.05, 4.69) is 27.3 Å². The third-order valence-corrected chi connectivity index (χ3v) is 6.59. The molecule has 30 heavy (non-hydrogen) atoms. The predicted molar refractivity (Wildman–Crippen MR) is 119 cm³/mol. The molecule has 0 bridgehead atoms. The molecular weight excluding hydrogens is 400 g/mol. The van der Waals surface area contributed by atoms with Crippen LogP contribution in [0.4, 0.5) is 0 Å². The Morgan fingerprint density at radius 3 is 2.70 bits per heavy atom. The summed E-state index contributed by atoms with van der Waals surface area (Å²) in [6.07, 6.45) is 2.81. The Morgan fingerprint density at radius 2 is 1.97 bits per heavy atom. The molecule has 3 aromatic rings. The number of fused-ring (bicyclic) bond motifs is 3. The second-order valence-electron chi connectivity index (χ2n) is 7.66. The van der Waals surface area contributed by atoms with Crippen molar-refractivity contribution in [3.05, 3.63) is 34.6 Å². The SMILES string of the molecule is CCCn1c(=O)c2ccccc2n2c(SCC(=O)NC3CCN(CC)CC3)nnc12. The van der Waals surface area contributed by atoms with Crippen LogP contribution in [0.3, 0.4) is 0 Å². The highest BCUT2D eigenvalue weighted by Crippen LogP contribution is 2.22. The van der Waals surface area contributed by atoms with Crippen molar-refractivity contribution < 1.29 is 4.79 Å². The number of amides is 1. The molecule has 0 radical (unpaired) electrons. The van der Waals surface area contributed by atoms with Crippen LogP contribution in [0.5, 0.6) is 0 Å². The topological polar surface area (TPSA) is 84.5 Å². The van der Waals surface area contributed by atoms with Crippen LogP contribution in [0.1, 0.15) is 33.1 Å². The standard InChI is InChI=1S/C21H28N6O2S/c1-3-11-26-19(29)16-7-5-6-8-17(16)27-20(26)23-24-21(27)30-14-18(28)22-15-9-12-25(4-2)13-10-15/h5-8,15H,3-4,9-14H2,1-2H3,(H,22,28). The minimum atomic E-state index is -0.0555. The number of aromatic nitrogens is 4. The first-order valence-corrected chi connectivity index (χ1v) is 11.6. The molecule has 8 nitrogen and oxygen atoms in total. The van der Waals surface area contributed by atoms with Gasteiger partial charge in [0.2, 0.25) is 11.7 Å². The zero-order valence-electron chi connectivity index (χ0n) is 17.5. The average molecular weight is 429 g/mol. The quantitative estimate of drug-likeness (QED) is 0.581. The first kappa shape index (κ1) is 20.9. The summed E-state index contributed by atoms with van der Waals surface area (Å²) in [4.78, 5) is 27.8. The summed E-state index contributed by atoms with van der Waals surface area (Å²) in [5.74, 6) is 0.809. The summed E-state index contributed by atoms with van der Waals surface area (Å²) in [5, 5.41) is 13.0. The van der Waals surface area contributed by atoms with E-state index in [1.807, 2.05) is 35.6 Å². The van der Waals surface area contributed by atoms with Gasteiger partial charge in [-0.15, -0.1) is 10.2 Å². The number of hydrogen-bond acceptors (Lipinski definition) is 6. The van der Waals surface area contributed by atoms with Crippen molar-refractivity contribution in [2.45, 2.75) is 50.9 Å². The van der Waals surface area contributed by atoms with Crippen molar-refractivity contribution >= 4 is 34.3 Å². The number of likely N-dealkylation sites (tertiary alicyclic amines) is 1. The van der Waals surface area contributed by atoms with Gasteiger partial charge >= 0.3 is 0 Å². The van der Waals surface area contributed by atoms with Crippen molar-refractivity contribution in [1.29, 1.82) is 0 Å². The number of para-hydroxylation sites is 1. The van der Waals surface area contributed by atoms with Gasteiger partial charge in [0.05, 0.1) is 16.7 Å². The van der Waals surface area contributed by atoms with Gasteiger partial charge in [-0.05, 0) is 37.9 Å². The smallest absolute Gasteiger partial charge is 0.262 e. The summed E-state index contributed by atoms with van der Waals surface area (Å²) in [6, 6.07) is 7.73. The fourth-order valence-corrected chi connectivity index (χ4v) is 4.80. The fraction of sp³-hybridized carbons (Fsp3) is 0.524. The van der Waals surface area contributed by atoms with E-state index in [1.54, 1.807) is 4.57 Å². The molecular formula is C21H28N6O2S. The summed E-state index contributed by atoms with van der Waals surface area (Å²) in [6.45, 7) is 7.90. The summed E-state index contributed by atoms with van der Waals surface area (Å²) in [7, 11) is 0. The van der Waals surface area contributed by atoms with E-state index in [0.29, 0.717) is 22.9 Å². The number of thioether (sulfide) groups is 1. The lowest BCUT2D eigenvalue weighted by Gasteiger charge is -2.31. The predicted octanol–water partition coefficient (Wildman–Crippen LogP) is 2.15.